The normalized spacial score (nSPS) is 13.1. The van der Waals surface area contributed by atoms with E-state index >= 15 is 0 Å². The lowest BCUT2D eigenvalue weighted by molar-refractivity contribution is 0.246. The fourth-order valence-corrected chi connectivity index (χ4v) is 4.57. The van der Waals surface area contributed by atoms with E-state index in [4.69, 9.17) is 4.74 Å². The van der Waals surface area contributed by atoms with E-state index in [2.05, 4.69) is 60.9 Å². The SMILES string of the molecule is CCc1c(C)cccc1NCCNC(=O)N1CCCCc2cc(OCc3ccccc3)ccc21. The molecule has 34 heavy (non-hydrogen) atoms. The van der Waals surface area contributed by atoms with Crippen molar-refractivity contribution in [2.75, 3.05) is 29.9 Å². The highest BCUT2D eigenvalue weighted by molar-refractivity contribution is 5.93. The summed E-state index contributed by atoms with van der Waals surface area (Å²) in [5, 5.41) is 6.58. The minimum absolute atomic E-state index is 0.0390. The first-order valence-corrected chi connectivity index (χ1v) is 12.3. The Balaban J connectivity index is 1.35. The zero-order valence-electron chi connectivity index (χ0n) is 20.3. The van der Waals surface area contributed by atoms with E-state index in [1.54, 1.807) is 0 Å². The number of carbonyl (C=O) groups is 1. The molecule has 2 N–H and O–H groups in total. The molecule has 0 spiro atoms. The third kappa shape index (κ3) is 5.90. The van der Waals surface area contributed by atoms with Crippen molar-refractivity contribution in [3.63, 3.8) is 0 Å². The second-order valence-corrected chi connectivity index (χ2v) is 8.79. The molecule has 3 aromatic rings. The van der Waals surface area contributed by atoms with Gasteiger partial charge in [-0.1, -0.05) is 49.4 Å². The summed E-state index contributed by atoms with van der Waals surface area (Å²) < 4.78 is 6.02. The summed E-state index contributed by atoms with van der Waals surface area (Å²) in [6.07, 6.45) is 4.00. The summed E-state index contributed by atoms with van der Waals surface area (Å²) in [7, 11) is 0. The number of hydrogen-bond acceptors (Lipinski definition) is 3. The van der Waals surface area contributed by atoms with Crippen molar-refractivity contribution >= 4 is 17.4 Å². The van der Waals surface area contributed by atoms with Crippen LogP contribution in [0.25, 0.3) is 0 Å². The molecule has 5 nitrogen and oxygen atoms in total. The number of fused-ring (bicyclic) bond motifs is 1. The maximum Gasteiger partial charge on any atom is 0.321 e. The van der Waals surface area contributed by atoms with Gasteiger partial charge in [-0.15, -0.1) is 0 Å². The van der Waals surface area contributed by atoms with Gasteiger partial charge in [-0.25, -0.2) is 4.79 Å². The van der Waals surface area contributed by atoms with Crippen molar-refractivity contribution in [3.8, 4) is 5.75 Å². The Bertz CT molecular complexity index is 1100. The molecule has 1 aliphatic heterocycles. The maximum absolute atomic E-state index is 13.1. The summed E-state index contributed by atoms with van der Waals surface area (Å²) in [4.78, 5) is 14.9. The minimum Gasteiger partial charge on any atom is -0.489 e. The van der Waals surface area contributed by atoms with Crippen LogP contribution in [0, 0.1) is 6.92 Å². The summed E-state index contributed by atoms with van der Waals surface area (Å²) in [5.74, 6) is 0.846. The zero-order valence-corrected chi connectivity index (χ0v) is 20.3. The average Bonchev–Trinajstić information content (AvgIpc) is 3.08. The number of hydrogen-bond donors (Lipinski definition) is 2. The van der Waals surface area contributed by atoms with Gasteiger partial charge in [0.15, 0.2) is 0 Å². The molecule has 1 heterocycles. The third-order valence-corrected chi connectivity index (χ3v) is 6.39. The number of ether oxygens (including phenoxy) is 1. The van der Waals surface area contributed by atoms with Gasteiger partial charge in [0, 0.05) is 31.0 Å². The molecule has 178 valence electrons. The molecule has 4 rings (SSSR count). The molecular weight excluding hydrogens is 422 g/mol. The number of amides is 2. The average molecular weight is 458 g/mol. The Morgan fingerprint density at radius 3 is 2.68 bits per heavy atom. The fourth-order valence-electron chi connectivity index (χ4n) is 4.57. The summed E-state index contributed by atoms with van der Waals surface area (Å²) in [6, 6.07) is 22.5. The Morgan fingerprint density at radius 1 is 1.00 bits per heavy atom. The van der Waals surface area contributed by atoms with Crippen LogP contribution in [0.5, 0.6) is 5.75 Å². The lowest BCUT2D eigenvalue weighted by Gasteiger charge is -2.24. The molecule has 0 unspecified atom stereocenters. The highest BCUT2D eigenvalue weighted by Gasteiger charge is 2.21. The highest BCUT2D eigenvalue weighted by Crippen LogP contribution is 2.30. The number of benzene rings is 3. The first kappa shape index (κ1) is 23.7. The van der Waals surface area contributed by atoms with E-state index in [1.165, 1.54) is 16.7 Å². The van der Waals surface area contributed by atoms with Gasteiger partial charge in [0.05, 0.1) is 0 Å². The Kier molecular flexibility index (Phi) is 8.08. The van der Waals surface area contributed by atoms with Crippen LogP contribution >= 0.6 is 0 Å². The quantitative estimate of drug-likeness (QED) is 0.402. The van der Waals surface area contributed by atoms with Crippen molar-refractivity contribution in [2.45, 2.75) is 46.1 Å². The van der Waals surface area contributed by atoms with Crippen LogP contribution in [0.3, 0.4) is 0 Å². The fraction of sp³-hybridized carbons (Fsp3) is 0.345. The predicted molar refractivity (Wildman–Crippen MR) is 140 cm³/mol. The molecule has 0 fully saturated rings. The second kappa shape index (κ2) is 11.6. The number of nitrogens with one attached hydrogen (secondary N) is 2. The summed E-state index contributed by atoms with van der Waals surface area (Å²) in [6.45, 7) is 6.84. The van der Waals surface area contributed by atoms with Gasteiger partial charge in [0.2, 0.25) is 0 Å². The molecule has 5 heteroatoms. The van der Waals surface area contributed by atoms with Crippen LogP contribution in [0.4, 0.5) is 16.2 Å². The van der Waals surface area contributed by atoms with E-state index in [0.29, 0.717) is 19.7 Å². The molecule has 2 amide bonds. The van der Waals surface area contributed by atoms with Crippen LogP contribution in [0.15, 0.2) is 66.7 Å². The van der Waals surface area contributed by atoms with Gasteiger partial charge in [-0.3, -0.25) is 4.90 Å². The van der Waals surface area contributed by atoms with Gasteiger partial charge in [-0.05, 0) is 79.1 Å². The van der Waals surface area contributed by atoms with Crippen LogP contribution < -0.4 is 20.3 Å². The van der Waals surface area contributed by atoms with Crippen molar-refractivity contribution in [2.24, 2.45) is 0 Å². The van der Waals surface area contributed by atoms with E-state index in [0.717, 1.165) is 54.9 Å². The number of anilines is 2. The number of carbonyl (C=O) groups excluding carboxylic acids is 1. The lowest BCUT2D eigenvalue weighted by Crippen LogP contribution is -2.42. The molecule has 1 aliphatic rings. The first-order valence-electron chi connectivity index (χ1n) is 12.3. The number of aryl methyl sites for hydroxylation is 2. The van der Waals surface area contributed by atoms with Crippen LogP contribution in [-0.2, 0) is 19.4 Å². The van der Waals surface area contributed by atoms with E-state index in [-0.39, 0.29) is 6.03 Å². The van der Waals surface area contributed by atoms with Gasteiger partial charge in [0.1, 0.15) is 12.4 Å². The van der Waals surface area contributed by atoms with Gasteiger partial charge in [-0.2, -0.15) is 0 Å². The van der Waals surface area contributed by atoms with Crippen molar-refractivity contribution in [1.29, 1.82) is 0 Å². The molecular formula is C29H35N3O2. The van der Waals surface area contributed by atoms with Gasteiger partial charge >= 0.3 is 6.03 Å². The molecule has 0 saturated heterocycles. The van der Waals surface area contributed by atoms with Crippen LogP contribution in [-0.4, -0.2) is 25.7 Å². The van der Waals surface area contributed by atoms with E-state index in [9.17, 15) is 4.79 Å². The molecule has 0 radical (unpaired) electrons. The minimum atomic E-state index is -0.0390. The smallest absolute Gasteiger partial charge is 0.321 e. The molecule has 0 bridgehead atoms. The topological polar surface area (TPSA) is 53.6 Å². The van der Waals surface area contributed by atoms with Gasteiger partial charge in [0.25, 0.3) is 0 Å². The summed E-state index contributed by atoms with van der Waals surface area (Å²) in [5.41, 5.74) is 7.08. The Labute approximate surface area is 203 Å². The molecule has 0 aliphatic carbocycles. The van der Waals surface area contributed by atoms with Crippen molar-refractivity contribution in [3.05, 3.63) is 89.0 Å². The van der Waals surface area contributed by atoms with E-state index in [1.807, 2.05) is 35.2 Å². The molecule has 0 aromatic heterocycles. The van der Waals surface area contributed by atoms with Gasteiger partial charge < -0.3 is 15.4 Å². The molecule has 0 saturated carbocycles. The van der Waals surface area contributed by atoms with E-state index < -0.39 is 0 Å². The number of rotatable bonds is 8. The standard InChI is InChI=1S/C29H35N3O2/c1-3-26-22(2)10-9-14-27(26)30-17-18-31-29(33)32-19-8-7-13-24-20-25(15-16-28(24)32)34-21-23-11-5-4-6-12-23/h4-6,9-12,14-16,20,30H,3,7-8,13,17-19,21H2,1-2H3,(H,31,33). The number of urea groups is 1. The number of nitrogens with zero attached hydrogens (tertiary/aromatic N) is 1. The molecule has 3 aromatic carbocycles. The Morgan fingerprint density at radius 2 is 1.85 bits per heavy atom. The largest absolute Gasteiger partial charge is 0.489 e. The Hall–Kier alpha value is -3.47. The summed E-state index contributed by atoms with van der Waals surface area (Å²) >= 11 is 0. The van der Waals surface area contributed by atoms with Crippen LogP contribution in [0.2, 0.25) is 0 Å². The van der Waals surface area contributed by atoms with Crippen molar-refractivity contribution < 1.29 is 9.53 Å². The lowest BCUT2D eigenvalue weighted by atomic mass is 10.0. The van der Waals surface area contributed by atoms with Crippen molar-refractivity contribution in [1.82, 2.24) is 5.32 Å². The molecule has 0 atom stereocenters. The maximum atomic E-state index is 13.1. The van der Waals surface area contributed by atoms with Crippen LogP contribution in [0.1, 0.15) is 42.0 Å². The monoisotopic (exact) mass is 457 g/mol. The third-order valence-electron chi connectivity index (χ3n) is 6.39. The zero-order chi connectivity index (χ0) is 23.8. The predicted octanol–water partition coefficient (Wildman–Crippen LogP) is 6.10. The second-order valence-electron chi connectivity index (χ2n) is 8.79. The highest BCUT2D eigenvalue weighted by atomic mass is 16.5. The first-order chi connectivity index (χ1) is 16.7.